The molecule has 1 aliphatic carbocycles. The van der Waals surface area contributed by atoms with Gasteiger partial charge in [0.2, 0.25) is 6.23 Å². The van der Waals surface area contributed by atoms with Gasteiger partial charge in [-0.1, -0.05) is 31.1 Å². The van der Waals surface area contributed by atoms with E-state index < -0.39 is 6.23 Å². The number of piperidine rings is 1. The number of hydrogen-bond acceptors (Lipinski definition) is 8. The van der Waals surface area contributed by atoms with Crippen LogP contribution >= 0.6 is 0 Å². The Balaban J connectivity index is 1.15. The van der Waals surface area contributed by atoms with Gasteiger partial charge >= 0.3 is 0 Å². The lowest BCUT2D eigenvalue weighted by atomic mass is 9.95. The van der Waals surface area contributed by atoms with E-state index in [-0.39, 0.29) is 11.9 Å². The van der Waals surface area contributed by atoms with Gasteiger partial charge in [-0.2, -0.15) is 0 Å². The first-order valence-electron chi connectivity index (χ1n) is 14.0. The number of hydrogen-bond donors (Lipinski definition) is 4. The molecular weight excluding hydrogens is 464 g/mol. The first kappa shape index (κ1) is 25.8. The molecule has 3 aliphatic heterocycles. The summed E-state index contributed by atoms with van der Waals surface area (Å²) in [6.07, 6.45) is 17.7. The van der Waals surface area contributed by atoms with Crippen LogP contribution in [0.4, 0.5) is 0 Å². The predicted octanol–water partition coefficient (Wildman–Crippen LogP) is 1.32. The Hall–Kier alpha value is -2.84. The molecule has 0 aromatic carbocycles. The molecule has 5 rings (SSSR count). The molecule has 4 aliphatic rings. The molecule has 0 bridgehead atoms. The summed E-state index contributed by atoms with van der Waals surface area (Å²) in [5.74, 6) is 0.469. The van der Waals surface area contributed by atoms with Gasteiger partial charge in [0.25, 0.3) is 0 Å². The van der Waals surface area contributed by atoms with E-state index in [9.17, 15) is 4.79 Å². The highest BCUT2D eigenvalue weighted by atomic mass is 16.5. The highest BCUT2D eigenvalue weighted by Gasteiger charge is 2.30. The summed E-state index contributed by atoms with van der Waals surface area (Å²) in [7, 11) is 2.21. The van der Waals surface area contributed by atoms with Gasteiger partial charge in [-0.05, 0) is 70.5 Å². The highest BCUT2D eigenvalue weighted by molar-refractivity contribution is 5.83. The van der Waals surface area contributed by atoms with Crippen molar-refractivity contribution in [1.82, 2.24) is 31.2 Å². The number of nitrogens with zero attached hydrogens (tertiary/aromatic N) is 2. The van der Waals surface area contributed by atoms with E-state index in [1.165, 1.54) is 23.8 Å². The Labute approximate surface area is 220 Å². The largest absolute Gasteiger partial charge is 0.469 e. The number of carbonyl (C=O) groups excluding carboxylic acids is 1. The summed E-state index contributed by atoms with van der Waals surface area (Å²) in [5, 5.41) is 16.7. The lowest BCUT2D eigenvalue weighted by Crippen LogP contribution is -2.55. The summed E-state index contributed by atoms with van der Waals surface area (Å²) < 4.78 is 5.27. The molecule has 1 fully saturated rings. The standard InChI is InChI=1S/C29H42N6O2/c1-20-8-9-21-18-22(10-11-24(21)32-20)26-19-31-28(34-26)25(33-23-12-15-35(2)16-13-23)6-4-3-5-7-27(36)29-30-14-17-37-29/h8-9,11,14,17-19,22-23,25,28-31,33-34H,3-7,10,12-13,15-16H2,1-2H3/t22?,25-,28?,29?/m0/s1. The Morgan fingerprint density at radius 2 is 2.08 bits per heavy atom. The number of aromatic nitrogens is 1. The molecule has 8 heteroatoms. The minimum absolute atomic E-state index is 0.131. The number of carbonyl (C=O) groups is 1. The topological polar surface area (TPSA) is 90.5 Å². The molecule has 0 spiro atoms. The summed E-state index contributed by atoms with van der Waals surface area (Å²) >= 11 is 0. The van der Waals surface area contributed by atoms with Crippen LogP contribution in [-0.4, -0.2) is 60.3 Å². The maximum Gasteiger partial charge on any atom is 0.228 e. The number of Topliss-reactive ketones (excluding diaryl/α,β-unsaturated/α-hetero) is 1. The zero-order chi connectivity index (χ0) is 25.6. The average molecular weight is 507 g/mol. The highest BCUT2D eigenvalue weighted by Crippen LogP contribution is 2.22. The van der Waals surface area contributed by atoms with Crippen LogP contribution in [0.25, 0.3) is 12.2 Å². The van der Waals surface area contributed by atoms with E-state index in [1.807, 2.05) is 6.92 Å². The van der Waals surface area contributed by atoms with Gasteiger partial charge in [-0.25, -0.2) is 0 Å². The summed E-state index contributed by atoms with van der Waals surface area (Å²) in [4.78, 5) is 19.3. The third-order valence-electron chi connectivity index (χ3n) is 8.01. The molecule has 4 N–H and O–H groups in total. The van der Waals surface area contributed by atoms with Gasteiger partial charge in [-0.15, -0.1) is 0 Å². The molecule has 1 saturated heterocycles. The van der Waals surface area contributed by atoms with Crippen molar-refractivity contribution in [2.75, 3.05) is 20.1 Å². The minimum atomic E-state index is -0.490. The van der Waals surface area contributed by atoms with Gasteiger partial charge in [0.05, 0.1) is 5.35 Å². The zero-order valence-electron chi connectivity index (χ0n) is 22.2. The average Bonchev–Trinajstić information content (AvgIpc) is 3.62. The number of pyridine rings is 1. The van der Waals surface area contributed by atoms with Gasteiger partial charge in [0, 0.05) is 48.2 Å². The lowest BCUT2D eigenvalue weighted by molar-refractivity contribution is -0.127. The van der Waals surface area contributed by atoms with Crippen molar-refractivity contribution in [2.45, 2.75) is 82.8 Å². The first-order chi connectivity index (χ1) is 18.0. The summed E-state index contributed by atoms with van der Waals surface area (Å²) in [5.41, 5.74) is 2.32. The SMILES string of the molecule is Cc1ccc2c(n1)=CCC(C1=CNC([C@H](CCCCCC(=O)C3NC=CO3)NC3CCN(C)CC3)N1)C=2. The summed E-state index contributed by atoms with van der Waals surface area (Å²) in [6.45, 7) is 4.34. The molecule has 37 heavy (non-hydrogen) atoms. The molecule has 4 heterocycles. The summed E-state index contributed by atoms with van der Waals surface area (Å²) in [6, 6.07) is 5.14. The first-order valence-corrected chi connectivity index (χ1v) is 14.0. The van der Waals surface area contributed by atoms with Crippen LogP contribution in [0.15, 0.2) is 36.5 Å². The fraction of sp³-hybridized carbons (Fsp3) is 0.586. The fourth-order valence-electron chi connectivity index (χ4n) is 5.75. The van der Waals surface area contributed by atoms with Gasteiger partial charge < -0.3 is 30.9 Å². The molecule has 8 nitrogen and oxygen atoms in total. The second-order valence-corrected chi connectivity index (χ2v) is 10.9. The quantitative estimate of drug-likeness (QED) is 0.334. The number of ether oxygens (including phenoxy) is 1. The minimum Gasteiger partial charge on any atom is -0.469 e. The number of fused-ring (bicyclic) bond motifs is 1. The molecule has 4 atom stereocenters. The molecule has 200 valence electrons. The smallest absolute Gasteiger partial charge is 0.228 e. The molecule has 0 radical (unpaired) electrons. The normalized spacial score (nSPS) is 26.0. The maximum absolute atomic E-state index is 12.2. The number of unbranched alkanes of at least 4 members (excludes halogenated alkanes) is 2. The lowest BCUT2D eigenvalue weighted by Gasteiger charge is -2.35. The number of rotatable bonds is 11. The second-order valence-electron chi connectivity index (χ2n) is 10.9. The Bertz CT molecular complexity index is 1120. The molecule has 1 aromatic heterocycles. The van der Waals surface area contributed by atoms with Crippen LogP contribution in [-0.2, 0) is 9.53 Å². The van der Waals surface area contributed by atoms with Crippen LogP contribution in [0.2, 0.25) is 0 Å². The van der Waals surface area contributed by atoms with Crippen molar-refractivity contribution < 1.29 is 9.53 Å². The van der Waals surface area contributed by atoms with Crippen LogP contribution in [0.1, 0.15) is 57.1 Å². The molecule has 1 aromatic rings. The second kappa shape index (κ2) is 12.1. The predicted molar refractivity (Wildman–Crippen MR) is 146 cm³/mol. The van der Waals surface area contributed by atoms with Gasteiger partial charge in [-0.3, -0.25) is 9.78 Å². The van der Waals surface area contributed by atoms with Crippen molar-refractivity contribution in [3.05, 3.63) is 52.8 Å². The van der Waals surface area contributed by atoms with E-state index in [1.54, 1.807) is 12.5 Å². The number of nitrogens with one attached hydrogen (secondary N) is 4. The van der Waals surface area contributed by atoms with Gasteiger partial charge in [0.1, 0.15) is 12.4 Å². The number of ketones is 1. The maximum atomic E-state index is 12.2. The van der Waals surface area contributed by atoms with E-state index >= 15 is 0 Å². The van der Waals surface area contributed by atoms with Crippen LogP contribution in [0.5, 0.6) is 0 Å². The molecule has 3 unspecified atom stereocenters. The number of aryl methyl sites for hydroxylation is 1. The number of likely N-dealkylation sites (tertiary alicyclic amines) is 1. The fourth-order valence-corrected chi connectivity index (χ4v) is 5.75. The van der Waals surface area contributed by atoms with Crippen molar-refractivity contribution >= 4 is 17.9 Å². The monoisotopic (exact) mass is 506 g/mol. The van der Waals surface area contributed by atoms with Crippen LogP contribution in [0, 0.1) is 12.8 Å². The zero-order valence-corrected chi connectivity index (χ0v) is 22.2. The number of allylic oxidation sites excluding steroid dienone is 1. The molecule has 0 amide bonds. The van der Waals surface area contributed by atoms with Crippen molar-refractivity contribution in [1.29, 1.82) is 0 Å². The van der Waals surface area contributed by atoms with E-state index in [4.69, 9.17) is 4.74 Å². The molecule has 0 saturated carbocycles. The third kappa shape index (κ3) is 6.73. The Morgan fingerprint density at radius 3 is 2.89 bits per heavy atom. The van der Waals surface area contributed by atoms with E-state index in [0.717, 1.165) is 56.2 Å². The van der Waals surface area contributed by atoms with Crippen molar-refractivity contribution in [2.24, 2.45) is 5.92 Å². The van der Waals surface area contributed by atoms with E-state index in [2.05, 4.69) is 68.7 Å². The third-order valence-corrected chi connectivity index (χ3v) is 8.01. The molecular formula is C29H42N6O2. The van der Waals surface area contributed by atoms with Crippen LogP contribution < -0.4 is 31.8 Å². The van der Waals surface area contributed by atoms with Crippen molar-refractivity contribution in [3.63, 3.8) is 0 Å². The van der Waals surface area contributed by atoms with E-state index in [0.29, 0.717) is 24.4 Å². The Kier molecular flexibility index (Phi) is 8.46. The van der Waals surface area contributed by atoms with Gasteiger partial charge in [0.15, 0.2) is 5.78 Å². The Morgan fingerprint density at radius 1 is 1.22 bits per heavy atom. The van der Waals surface area contributed by atoms with Crippen LogP contribution in [0.3, 0.4) is 0 Å². The van der Waals surface area contributed by atoms with Crippen molar-refractivity contribution in [3.8, 4) is 0 Å².